The topological polar surface area (TPSA) is 38.0 Å². The molecule has 1 saturated carbocycles. The summed E-state index contributed by atoms with van der Waals surface area (Å²) in [5.74, 6) is 6.21. The zero-order chi connectivity index (χ0) is 14.0. The lowest BCUT2D eigenvalue weighted by Crippen LogP contribution is -2.28. The van der Waals surface area contributed by atoms with Crippen LogP contribution in [-0.4, -0.2) is 0 Å². The van der Waals surface area contributed by atoms with Gasteiger partial charge in [0.15, 0.2) is 0 Å². The van der Waals surface area contributed by atoms with Crippen LogP contribution in [0.5, 0.6) is 0 Å². The van der Waals surface area contributed by atoms with E-state index in [4.69, 9.17) is 5.84 Å². The highest BCUT2D eigenvalue weighted by atomic mass is 79.9. The highest BCUT2D eigenvalue weighted by Crippen LogP contribution is 2.38. The molecule has 106 valence electrons. The van der Waals surface area contributed by atoms with Gasteiger partial charge >= 0.3 is 6.18 Å². The van der Waals surface area contributed by atoms with E-state index in [0.717, 1.165) is 24.8 Å². The van der Waals surface area contributed by atoms with Crippen LogP contribution in [0.1, 0.15) is 42.9 Å². The molecule has 1 aromatic carbocycles. The van der Waals surface area contributed by atoms with E-state index in [2.05, 4.69) is 21.4 Å². The molecule has 1 fully saturated rings. The van der Waals surface area contributed by atoms with E-state index in [1.807, 2.05) is 0 Å². The van der Waals surface area contributed by atoms with Gasteiger partial charge in [-0.1, -0.05) is 28.8 Å². The molecule has 1 aliphatic rings. The van der Waals surface area contributed by atoms with Gasteiger partial charge < -0.3 is 0 Å². The van der Waals surface area contributed by atoms with E-state index < -0.39 is 11.7 Å². The highest BCUT2D eigenvalue weighted by Gasteiger charge is 2.32. The summed E-state index contributed by atoms with van der Waals surface area (Å²) >= 11 is 3.30. The third-order valence-electron chi connectivity index (χ3n) is 3.46. The number of hydrazine groups is 1. The first-order valence-electron chi connectivity index (χ1n) is 6.24. The second-order valence-corrected chi connectivity index (χ2v) is 5.83. The van der Waals surface area contributed by atoms with Crippen LogP contribution in [0.3, 0.4) is 0 Å². The Labute approximate surface area is 118 Å². The SMILES string of the molecule is NNC(CCC1CC1)c1cc(C(F)(F)F)ccc1Br. The molecule has 0 saturated heterocycles. The number of alkyl halides is 3. The Morgan fingerprint density at radius 3 is 2.58 bits per heavy atom. The number of nitrogens with two attached hydrogens (primary N) is 1. The Balaban J connectivity index is 2.19. The molecule has 1 aliphatic carbocycles. The van der Waals surface area contributed by atoms with Crippen molar-refractivity contribution in [1.82, 2.24) is 5.43 Å². The first kappa shape index (κ1) is 14.8. The fourth-order valence-electron chi connectivity index (χ4n) is 2.12. The number of halogens is 4. The number of hydrogen-bond donors (Lipinski definition) is 2. The molecule has 6 heteroatoms. The van der Waals surface area contributed by atoms with Gasteiger partial charge in [-0.2, -0.15) is 13.2 Å². The van der Waals surface area contributed by atoms with Gasteiger partial charge in [0.05, 0.1) is 5.56 Å². The lowest BCUT2D eigenvalue weighted by atomic mass is 9.99. The van der Waals surface area contributed by atoms with Crippen LogP contribution in [0.4, 0.5) is 13.2 Å². The summed E-state index contributed by atoms with van der Waals surface area (Å²) in [4.78, 5) is 0. The predicted octanol–water partition coefficient (Wildman–Crippen LogP) is 4.16. The molecule has 0 spiro atoms. The molecule has 0 aliphatic heterocycles. The van der Waals surface area contributed by atoms with Gasteiger partial charge in [0.2, 0.25) is 0 Å². The molecule has 2 rings (SSSR count). The molecule has 0 aromatic heterocycles. The minimum absolute atomic E-state index is 0.253. The van der Waals surface area contributed by atoms with Crippen molar-refractivity contribution in [2.24, 2.45) is 11.8 Å². The van der Waals surface area contributed by atoms with Crippen LogP contribution < -0.4 is 11.3 Å². The van der Waals surface area contributed by atoms with E-state index in [1.165, 1.54) is 25.0 Å². The van der Waals surface area contributed by atoms with Crippen LogP contribution >= 0.6 is 15.9 Å². The van der Waals surface area contributed by atoms with Crippen LogP contribution in [0.25, 0.3) is 0 Å². The first-order chi connectivity index (χ1) is 8.91. The summed E-state index contributed by atoms with van der Waals surface area (Å²) in [6, 6.07) is 3.42. The largest absolute Gasteiger partial charge is 0.416 e. The van der Waals surface area contributed by atoms with Crippen molar-refractivity contribution in [1.29, 1.82) is 0 Å². The lowest BCUT2D eigenvalue weighted by Gasteiger charge is -2.19. The average Bonchev–Trinajstić information content (AvgIpc) is 3.14. The van der Waals surface area contributed by atoms with Gasteiger partial charge in [-0.05, 0) is 42.5 Å². The molecular weight excluding hydrogens is 321 g/mol. The molecule has 0 bridgehead atoms. The van der Waals surface area contributed by atoms with Crippen LogP contribution in [0.2, 0.25) is 0 Å². The number of hydrogen-bond acceptors (Lipinski definition) is 2. The van der Waals surface area contributed by atoms with Gasteiger partial charge in [-0.15, -0.1) is 0 Å². The van der Waals surface area contributed by atoms with Crippen molar-refractivity contribution in [3.63, 3.8) is 0 Å². The Bertz CT molecular complexity index is 444. The molecule has 0 heterocycles. The maximum atomic E-state index is 12.7. The minimum Gasteiger partial charge on any atom is -0.271 e. The third-order valence-corrected chi connectivity index (χ3v) is 4.18. The van der Waals surface area contributed by atoms with Crippen LogP contribution in [-0.2, 0) is 6.18 Å². The van der Waals surface area contributed by atoms with Gasteiger partial charge in [0.1, 0.15) is 0 Å². The summed E-state index contributed by atoms with van der Waals surface area (Å²) in [5.41, 5.74) is 2.55. The molecule has 0 radical (unpaired) electrons. The fraction of sp³-hybridized carbons (Fsp3) is 0.538. The summed E-state index contributed by atoms with van der Waals surface area (Å²) in [5, 5.41) is 0. The molecule has 19 heavy (non-hydrogen) atoms. The zero-order valence-corrected chi connectivity index (χ0v) is 11.9. The Kier molecular flexibility index (Phi) is 4.53. The Hall–Kier alpha value is -0.590. The molecular formula is C13H16BrF3N2. The normalized spacial score (nSPS) is 17.5. The van der Waals surface area contributed by atoms with Crippen molar-refractivity contribution in [2.45, 2.75) is 37.9 Å². The summed E-state index contributed by atoms with van der Waals surface area (Å²) in [7, 11) is 0. The minimum atomic E-state index is -4.33. The second kappa shape index (κ2) is 5.81. The molecule has 0 amide bonds. The summed E-state index contributed by atoms with van der Waals surface area (Å²) in [6.45, 7) is 0. The summed E-state index contributed by atoms with van der Waals surface area (Å²) in [6.07, 6.45) is -0.133. The van der Waals surface area contributed by atoms with Crippen molar-refractivity contribution < 1.29 is 13.2 Å². The van der Waals surface area contributed by atoms with E-state index in [9.17, 15) is 13.2 Å². The monoisotopic (exact) mass is 336 g/mol. The standard InChI is InChI=1S/C13H16BrF3N2/c14-11-5-4-9(13(15,16)17)7-10(11)12(19-18)6-3-8-1-2-8/h4-5,7-8,12,19H,1-3,6,18H2. The van der Waals surface area contributed by atoms with E-state index >= 15 is 0 Å². The Morgan fingerprint density at radius 2 is 2.05 bits per heavy atom. The first-order valence-corrected chi connectivity index (χ1v) is 7.04. The van der Waals surface area contributed by atoms with Crippen molar-refractivity contribution in [3.05, 3.63) is 33.8 Å². The van der Waals surface area contributed by atoms with Crippen molar-refractivity contribution in [2.75, 3.05) is 0 Å². The molecule has 1 aromatic rings. The molecule has 3 N–H and O–H groups in total. The third kappa shape index (κ3) is 3.94. The van der Waals surface area contributed by atoms with E-state index in [-0.39, 0.29) is 6.04 Å². The van der Waals surface area contributed by atoms with E-state index in [0.29, 0.717) is 10.0 Å². The van der Waals surface area contributed by atoms with E-state index in [1.54, 1.807) is 0 Å². The second-order valence-electron chi connectivity index (χ2n) is 4.97. The van der Waals surface area contributed by atoms with Gasteiger partial charge in [0.25, 0.3) is 0 Å². The number of nitrogens with one attached hydrogen (secondary N) is 1. The predicted molar refractivity (Wildman–Crippen MR) is 71.2 cm³/mol. The van der Waals surface area contributed by atoms with Gasteiger partial charge in [-0.3, -0.25) is 11.3 Å². The van der Waals surface area contributed by atoms with Gasteiger partial charge in [0, 0.05) is 10.5 Å². The number of benzene rings is 1. The molecule has 1 atom stereocenters. The average molecular weight is 337 g/mol. The lowest BCUT2D eigenvalue weighted by molar-refractivity contribution is -0.137. The summed E-state index contributed by atoms with van der Waals surface area (Å²) < 4.78 is 38.8. The quantitative estimate of drug-likeness (QED) is 0.625. The highest BCUT2D eigenvalue weighted by molar-refractivity contribution is 9.10. The van der Waals surface area contributed by atoms with Gasteiger partial charge in [-0.25, -0.2) is 0 Å². The maximum absolute atomic E-state index is 12.7. The van der Waals surface area contributed by atoms with Crippen molar-refractivity contribution >= 4 is 15.9 Å². The smallest absolute Gasteiger partial charge is 0.271 e. The number of rotatable bonds is 5. The molecule has 2 nitrogen and oxygen atoms in total. The zero-order valence-electron chi connectivity index (χ0n) is 10.3. The molecule has 1 unspecified atom stereocenters. The van der Waals surface area contributed by atoms with Crippen LogP contribution in [0, 0.1) is 5.92 Å². The maximum Gasteiger partial charge on any atom is 0.416 e. The Morgan fingerprint density at radius 1 is 1.37 bits per heavy atom. The fourth-order valence-corrected chi connectivity index (χ4v) is 2.65. The van der Waals surface area contributed by atoms with Crippen LogP contribution in [0.15, 0.2) is 22.7 Å². The van der Waals surface area contributed by atoms with Crippen molar-refractivity contribution in [3.8, 4) is 0 Å².